The number of anilines is 2. The maximum Gasteiger partial charge on any atom is 0.255 e. The number of aromatic amines is 1. The van der Waals surface area contributed by atoms with E-state index in [1.807, 2.05) is 26.8 Å². The molecule has 2 aromatic heterocycles. The summed E-state index contributed by atoms with van der Waals surface area (Å²) in [6.07, 6.45) is 4.05. The standard InChI is InChI=1S/C25H25FN4O2/c1-25(2,3)11-8-15-14-27-12-9-16(15)21-22(20-18(29-21)10-13-28-24(20)31)30-19-7-5-6-17(26)23(19)32-4/h5-7,9,12,14,29-30H,10,13H2,1-4H3,(H,28,31). The smallest absolute Gasteiger partial charge is 0.255 e. The van der Waals surface area contributed by atoms with Gasteiger partial charge in [0.15, 0.2) is 11.6 Å². The van der Waals surface area contributed by atoms with E-state index in [9.17, 15) is 9.18 Å². The van der Waals surface area contributed by atoms with Crippen LogP contribution in [-0.2, 0) is 6.42 Å². The molecule has 0 radical (unpaired) electrons. The van der Waals surface area contributed by atoms with Crippen LogP contribution >= 0.6 is 0 Å². The highest BCUT2D eigenvalue weighted by molar-refractivity contribution is 6.06. The molecule has 0 saturated carbocycles. The van der Waals surface area contributed by atoms with Gasteiger partial charge in [0.05, 0.1) is 35.3 Å². The minimum Gasteiger partial charge on any atom is -0.492 e. The molecule has 0 aliphatic carbocycles. The van der Waals surface area contributed by atoms with Gasteiger partial charge >= 0.3 is 0 Å². The molecule has 32 heavy (non-hydrogen) atoms. The first-order valence-corrected chi connectivity index (χ1v) is 10.4. The summed E-state index contributed by atoms with van der Waals surface area (Å²) < 4.78 is 19.6. The number of H-pyrrole nitrogens is 1. The predicted molar refractivity (Wildman–Crippen MR) is 123 cm³/mol. The van der Waals surface area contributed by atoms with Crippen LogP contribution in [0.15, 0.2) is 36.7 Å². The van der Waals surface area contributed by atoms with Gasteiger partial charge in [-0.25, -0.2) is 4.39 Å². The number of carbonyl (C=O) groups excluding carboxylic acids is 1. The number of aromatic nitrogens is 2. The fourth-order valence-corrected chi connectivity index (χ4v) is 3.62. The summed E-state index contributed by atoms with van der Waals surface area (Å²) >= 11 is 0. The van der Waals surface area contributed by atoms with E-state index in [0.29, 0.717) is 35.6 Å². The van der Waals surface area contributed by atoms with Gasteiger partial charge in [-0.3, -0.25) is 9.78 Å². The number of carbonyl (C=O) groups is 1. The van der Waals surface area contributed by atoms with Gasteiger partial charge in [0, 0.05) is 42.0 Å². The molecule has 3 heterocycles. The first kappa shape index (κ1) is 21.4. The number of hydrogen-bond donors (Lipinski definition) is 3. The highest BCUT2D eigenvalue weighted by Crippen LogP contribution is 2.40. The van der Waals surface area contributed by atoms with Crippen molar-refractivity contribution < 1.29 is 13.9 Å². The fourth-order valence-electron chi connectivity index (χ4n) is 3.62. The molecule has 0 bridgehead atoms. The molecule has 7 heteroatoms. The average molecular weight is 432 g/mol. The maximum atomic E-state index is 14.3. The first-order chi connectivity index (χ1) is 15.3. The number of methoxy groups -OCH3 is 1. The molecule has 3 N–H and O–H groups in total. The van der Waals surface area contributed by atoms with Crippen molar-refractivity contribution in [3.8, 4) is 28.8 Å². The maximum absolute atomic E-state index is 14.3. The summed E-state index contributed by atoms with van der Waals surface area (Å²) in [5, 5.41) is 6.13. The van der Waals surface area contributed by atoms with Crippen molar-refractivity contribution in [1.82, 2.24) is 15.3 Å². The number of amides is 1. The molecule has 3 aromatic rings. The van der Waals surface area contributed by atoms with Crippen molar-refractivity contribution in [1.29, 1.82) is 0 Å². The molecule has 1 aliphatic rings. The van der Waals surface area contributed by atoms with E-state index >= 15 is 0 Å². The molecule has 0 atom stereocenters. The second-order valence-corrected chi connectivity index (χ2v) is 8.60. The lowest BCUT2D eigenvalue weighted by atomic mass is 9.96. The van der Waals surface area contributed by atoms with E-state index in [-0.39, 0.29) is 17.1 Å². The summed E-state index contributed by atoms with van der Waals surface area (Å²) in [5.74, 6) is 5.85. The lowest BCUT2D eigenvalue weighted by Gasteiger charge is -2.17. The highest BCUT2D eigenvalue weighted by atomic mass is 19.1. The van der Waals surface area contributed by atoms with Crippen molar-refractivity contribution in [2.45, 2.75) is 27.2 Å². The van der Waals surface area contributed by atoms with Crippen molar-refractivity contribution in [3.63, 3.8) is 0 Å². The molecule has 1 aromatic carbocycles. The summed E-state index contributed by atoms with van der Waals surface area (Å²) in [6.45, 7) is 6.66. The number of hydrogen-bond acceptors (Lipinski definition) is 4. The molecule has 4 rings (SSSR count). The minimum absolute atomic E-state index is 0.0760. The average Bonchev–Trinajstić information content (AvgIpc) is 3.11. The Hall–Kier alpha value is -3.79. The summed E-state index contributed by atoms with van der Waals surface area (Å²) in [4.78, 5) is 20.4. The monoisotopic (exact) mass is 432 g/mol. The fraction of sp³-hybridized carbons (Fsp3) is 0.280. The van der Waals surface area contributed by atoms with Crippen LogP contribution in [0.1, 0.15) is 42.4 Å². The molecule has 1 aliphatic heterocycles. The largest absolute Gasteiger partial charge is 0.492 e. The zero-order chi connectivity index (χ0) is 22.9. The number of halogens is 1. The Morgan fingerprint density at radius 1 is 1.25 bits per heavy atom. The zero-order valence-electron chi connectivity index (χ0n) is 18.5. The van der Waals surface area contributed by atoms with Crippen LogP contribution in [-0.4, -0.2) is 29.5 Å². The molecule has 0 spiro atoms. The molecule has 0 unspecified atom stereocenters. The molecule has 6 nitrogen and oxygen atoms in total. The Balaban J connectivity index is 1.92. The molecule has 1 amide bonds. The van der Waals surface area contributed by atoms with Crippen LogP contribution in [0.4, 0.5) is 15.8 Å². The third kappa shape index (κ3) is 4.17. The SMILES string of the molecule is COc1c(F)cccc1Nc1c(-c2ccncc2C#CC(C)(C)C)[nH]c2c1C(=O)NCC2. The van der Waals surface area contributed by atoms with Crippen LogP contribution < -0.4 is 15.4 Å². The number of nitrogens with one attached hydrogen (secondary N) is 3. The summed E-state index contributed by atoms with van der Waals surface area (Å²) in [7, 11) is 1.41. The normalized spacial score (nSPS) is 13.0. The number of benzene rings is 1. The number of fused-ring (bicyclic) bond motifs is 1. The third-order valence-corrected chi connectivity index (χ3v) is 5.06. The molecular formula is C25H25FN4O2. The Kier molecular flexibility index (Phi) is 5.62. The van der Waals surface area contributed by atoms with Gasteiger partial charge < -0.3 is 20.4 Å². The molecule has 164 valence electrons. The number of pyridine rings is 1. The van der Waals surface area contributed by atoms with Gasteiger partial charge in [-0.15, -0.1) is 0 Å². The zero-order valence-corrected chi connectivity index (χ0v) is 18.5. The Bertz CT molecular complexity index is 1250. The Morgan fingerprint density at radius 2 is 2.06 bits per heavy atom. The van der Waals surface area contributed by atoms with Gasteiger partial charge in [0.2, 0.25) is 0 Å². The van der Waals surface area contributed by atoms with Crippen LogP contribution in [0.25, 0.3) is 11.3 Å². The first-order valence-electron chi connectivity index (χ1n) is 10.4. The third-order valence-electron chi connectivity index (χ3n) is 5.06. The van der Waals surface area contributed by atoms with Crippen molar-refractivity contribution in [2.75, 3.05) is 19.0 Å². The van der Waals surface area contributed by atoms with Gasteiger partial charge in [-0.1, -0.05) is 17.9 Å². The van der Waals surface area contributed by atoms with E-state index in [0.717, 1.165) is 16.8 Å². The number of para-hydroxylation sites is 1. The van der Waals surface area contributed by atoms with Gasteiger partial charge in [-0.2, -0.15) is 0 Å². The molecule has 0 saturated heterocycles. The van der Waals surface area contributed by atoms with Crippen LogP contribution in [0.3, 0.4) is 0 Å². The summed E-state index contributed by atoms with van der Waals surface area (Å²) in [6, 6.07) is 6.48. The van der Waals surface area contributed by atoms with Crippen LogP contribution in [0.2, 0.25) is 0 Å². The van der Waals surface area contributed by atoms with Crippen LogP contribution in [0, 0.1) is 23.1 Å². The highest BCUT2D eigenvalue weighted by Gasteiger charge is 2.28. The van der Waals surface area contributed by atoms with E-state index < -0.39 is 5.82 Å². The van der Waals surface area contributed by atoms with Crippen molar-refractivity contribution >= 4 is 17.3 Å². The van der Waals surface area contributed by atoms with E-state index in [1.54, 1.807) is 24.5 Å². The van der Waals surface area contributed by atoms with Gasteiger partial charge in [0.1, 0.15) is 0 Å². The molecular weight excluding hydrogens is 407 g/mol. The van der Waals surface area contributed by atoms with Gasteiger partial charge in [-0.05, 0) is 39.0 Å². The van der Waals surface area contributed by atoms with Crippen LogP contribution in [0.5, 0.6) is 5.75 Å². The number of nitrogens with zero attached hydrogens (tertiary/aromatic N) is 1. The second-order valence-electron chi connectivity index (χ2n) is 8.60. The Labute approximate surface area is 186 Å². The van der Waals surface area contributed by atoms with E-state index in [4.69, 9.17) is 4.74 Å². The van der Waals surface area contributed by atoms with Crippen molar-refractivity contribution in [3.05, 3.63) is 59.3 Å². The van der Waals surface area contributed by atoms with Gasteiger partial charge in [0.25, 0.3) is 5.91 Å². The number of ether oxygens (including phenoxy) is 1. The summed E-state index contributed by atoms with van der Waals surface area (Å²) in [5.41, 5.74) is 4.33. The topological polar surface area (TPSA) is 79.0 Å². The molecule has 0 fully saturated rings. The lowest BCUT2D eigenvalue weighted by Crippen LogP contribution is -2.31. The number of rotatable bonds is 4. The van der Waals surface area contributed by atoms with Crippen molar-refractivity contribution in [2.24, 2.45) is 5.41 Å². The quantitative estimate of drug-likeness (QED) is 0.525. The predicted octanol–water partition coefficient (Wildman–Crippen LogP) is 4.65. The second kappa shape index (κ2) is 8.39. The lowest BCUT2D eigenvalue weighted by molar-refractivity contribution is 0.0947. The Morgan fingerprint density at radius 3 is 2.81 bits per heavy atom. The minimum atomic E-state index is -0.492. The van der Waals surface area contributed by atoms with E-state index in [1.165, 1.54) is 13.2 Å². The van der Waals surface area contributed by atoms with E-state index in [2.05, 4.69) is 32.4 Å².